The number of hydrogen-bond acceptors (Lipinski definition) is 6. The minimum absolute atomic E-state index is 0.365. The third-order valence-corrected chi connectivity index (χ3v) is 4.07. The van der Waals surface area contributed by atoms with Gasteiger partial charge in [0.25, 0.3) is 5.91 Å². The number of hydroxylamine groups is 1. The highest BCUT2D eigenvalue weighted by Crippen LogP contribution is 2.24. The quantitative estimate of drug-likeness (QED) is 0.433. The molecule has 2 heterocycles. The summed E-state index contributed by atoms with van der Waals surface area (Å²) in [7, 11) is 0. The zero-order valence-electron chi connectivity index (χ0n) is 13.6. The van der Waals surface area contributed by atoms with Gasteiger partial charge in [-0.05, 0) is 39.6 Å². The fourth-order valence-electron chi connectivity index (χ4n) is 2.78. The van der Waals surface area contributed by atoms with Crippen molar-refractivity contribution in [2.45, 2.75) is 6.54 Å². The van der Waals surface area contributed by atoms with Gasteiger partial charge in [0.2, 0.25) is 5.82 Å². The Labute approximate surface area is 148 Å². The van der Waals surface area contributed by atoms with Gasteiger partial charge in [-0.15, -0.1) is 5.10 Å². The van der Waals surface area contributed by atoms with E-state index in [0.717, 1.165) is 16.3 Å². The van der Waals surface area contributed by atoms with E-state index < -0.39 is 5.91 Å². The summed E-state index contributed by atoms with van der Waals surface area (Å²) >= 11 is 0. The predicted octanol–water partition coefficient (Wildman–Crippen LogP) is 2.06. The van der Waals surface area contributed by atoms with Crippen molar-refractivity contribution in [3.63, 3.8) is 0 Å². The molecule has 8 nitrogen and oxygen atoms in total. The number of carbonyl (C=O) groups excluding carboxylic acids is 1. The number of carbonyl (C=O) groups is 1. The standard InChI is InChI=1S/C18H14N6O2/c25-18(21-26)14-7-5-12(6-8-14)11-24-17(20-22-23-24)16-15-4-2-1-3-13(15)9-10-19-16/h1-10,26H,11H2,(H,21,25). The normalized spacial score (nSPS) is 10.8. The molecule has 0 saturated carbocycles. The number of fused-ring (bicyclic) bond motifs is 1. The van der Waals surface area contributed by atoms with Gasteiger partial charge in [0, 0.05) is 17.1 Å². The minimum atomic E-state index is -0.556. The number of benzene rings is 2. The number of hydrogen-bond donors (Lipinski definition) is 2. The van der Waals surface area contributed by atoms with Gasteiger partial charge < -0.3 is 0 Å². The SMILES string of the molecule is O=C(NO)c1ccc(Cn2nnnc2-c2nccc3ccccc23)cc1. The maximum atomic E-state index is 11.4. The summed E-state index contributed by atoms with van der Waals surface area (Å²) in [6.07, 6.45) is 1.74. The van der Waals surface area contributed by atoms with E-state index >= 15 is 0 Å². The van der Waals surface area contributed by atoms with Crippen LogP contribution in [0.25, 0.3) is 22.3 Å². The van der Waals surface area contributed by atoms with Crippen molar-refractivity contribution in [2.75, 3.05) is 0 Å². The van der Waals surface area contributed by atoms with Crippen LogP contribution in [0.5, 0.6) is 0 Å². The average molecular weight is 346 g/mol. The van der Waals surface area contributed by atoms with E-state index in [1.165, 1.54) is 0 Å². The molecule has 0 fully saturated rings. The first-order chi connectivity index (χ1) is 12.8. The van der Waals surface area contributed by atoms with E-state index in [1.54, 1.807) is 40.6 Å². The summed E-state index contributed by atoms with van der Waals surface area (Å²) in [4.78, 5) is 15.9. The van der Waals surface area contributed by atoms with Crippen LogP contribution < -0.4 is 5.48 Å². The Balaban J connectivity index is 1.68. The molecule has 0 radical (unpaired) electrons. The van der Waals surface area contributed by atoms with Crippen LogP contribution in [0.4, 0.5) is 0 Å². The number of aromatic nitrogens is 5. The molecule has 0 saturated heterocycles. The Bertz CT molecular complexity index is 1070. The first kappa shape index (κ1) is 15.9. The van der Waals surface area contributed by atoms with Gasteiger partial charge in [-0.1, -0.05) is 36.4 Å². The highest BCUT2D eigenvalue weighted by Gasteiger charge is 2.14. The van der Waals surface area contributed by atoms with Gasteiger partial charge in [0.15, 0.2) is 0 Å². The lowest BCUT2D eigenvalue weighted by Gasteiger charge is -2.07. The Morgan fingerprint density at radius 2 is 1.88 bits per heavy atom. The van der Waals surface area contributed by atoms with Crippen LogP contribution in [-0.2, 0) is 6.54 Å². The maximum Gasteiger partial charge on any atom is 0.274 e. The van der Waals surface area contributed by atoms with Crippen molar-refractivity contribution in [2.24, 2.45) is 0 Å². The number of pyridine rings is 1. The topological polar surface area (TPSA) is 106 Å². The minimum Gasteiger partial charge on any atom is -0.288 e. The Morgan fingerprint density at radius 3 is 2.69 bits per heavy atom. The molecule has 0 aliphatic carbocycles. The Hall–Kier alpha value is -3.65. The third-order valence-electron chi connectivity index (χ3n) is 4.07. The average Bonchev–Trinajstić information content (AvgIpc) is 3.15. The van der Waals surface area contributed by atoms with Gasteiger partial charge >= 0.3 is 0 Å². The highest BCUT2D eigenvalue weighted by molar-refractivity contribution is 5.93. The summed E-state index contributed by atoms with van der Waals surface area (Å²) < 4.78 is 1.66. The largest absolute Gasteiger partial charge is 0.288 e. The summed E-state index contributed by atoms with van der Waals surface area (Å²) in [5.74, 6) is 0.0126. The summed E-state index contributed by atoms with van der Waals surface area (Å²) in [5.41, 5.74) is 3.60. The molecule has 2 N–H and O–H groups in total. The van der Waals surface area contributed by atoms with Gasteiger partial charge in [-0.25, -0.2) is 10.2 Å². The summed E-state index contributed by atoms with van der Waals surface area (Å²) in [5, 5.41) is 22.7. The van der Waals surface area contributed by atoms with E-state index in [4.69, 9.17) is 5.21 Å². The van der Waals surface area contributed by atoms with Crippen LogP contribution >= 0.6 is 0 Å². The van der Waals surface area contributed by atoms with Crippen molar-refractivity contribution in [3.8, 4) is 11.5 Å². The number of nitrogens with one attached hydrogen (secondary N) is 1. The van der Waals surface area contributed by atoms with Crippen molar-refractivity contribution < 1.29 is 10.0 Å². The predicted molar refractivity (Wildman–Crippen MR) is 93.4 cm³/mol. The van der Waals surface area contributed by atoms with Crippen LogP contribution in [-0.4, -0.2) is 36.3 Å². The van der Waals surface area contributed by atoms with E-state index in [1.807, 2.05) is 30.3 Å². The Kier molecular flexibility index (Phi) is 4.08. The van der Waals surface area contributed by atoms with Crippen LogP contribution in [0.15, 0.2) is 60.8 Å². The zero-order chi connectivity index (χ0) is 17.9. The van der Waals surface area contributed by atoms with E-state index in [-0.39, 0.29) is 0 Å². The molecule has 0 bridgehead atoms. The zero-order valence-corrected chi connectivity index (χ0v) is 13.6. The molecule has 2 aromatic heterocycles. The monoisotopic (exact) mass is 346 g/mol. The van der Waals surface area contributed by atoms with Gasteiger partial charge in [-0.3, -0.25) is 15.0 Å². The molecule has 26 heavy (non-hydrogen) atoms. The number of amides is 1. The molecule has 1 amide bonds. The van der Waals surface area contributed by atoms with Crippen molar-refractivity contribution in [1.29, 1.82) is 0 Å². The van der Waals surface area contributed by atoms with Crippen molar-refractivity contribution >= 4 is 16.7 Å². The Morgan fingerprint density at radius 1 is 1.08 bits per heavy atom. The fraction of sp³-hybridized carbons (Fsp3) is 0.0556. The van der Waals surface area contributed by atoms with Crippen LogP contribution in [0, 0.1) is 0 Å². The van der Waals surface area contributed by atoms with Crippen LogP contribution in [0.2, 0.25) is 0 Å². The molecule has 0 aliphatic rings. The molecule has 0 aliphatic heterocycles. The first-order valence-corrected chi connectivity index (χ1v) is 7.90. The van der Waals surface area contributed by atoms with E-state index in [0.29, 0.717) is 23.6 Å². The highest BCUT2D eigenvalue weighted by atomic mass is 16.5. The lowest BCUT2D eigenvalue weighted by atomic mass is 10.1. The molecule has 128 valence electrons. The van der Waals surface area contributed by atoms with Crippen molar-refractivity contribution in [3.05, 3.63) is 71.9 Å². The molecule has 2 aromatic carbocycles. The lowest BCUT2D eigenvalue weighted by molar-refractivity contribution is 0.0706. The second-order valence-corrected chi connectivity index (χ2v) is 5.68. The maximum absolute atomic E-state index is 11.4. The molecule has 8 heteroatoms. The van der Waals surface area contributed by atoms with Crippen LogP contribution in [0.1, 0.15) is 15.9 Å². The number of tetrazole rings is 1. The molecule has 4 rings (SSSR count). The number of rotatable bonds is 4. The van der Waals surface area contributed by atoms with Crippen molar-refractivity contribution in [1.82, 2.24) is 30.7 Å². The third kappa shape index (κ3) is 2.89. The van der Waals surface area contributed by atoms with E-state index in [9.17, 15) is 4.79 Å². The summed E-state index contributed by atoms with van der Waals surface area (Å²) in [6, 6.07) is 16.7. The molecule has 4 aromatic rings. The lowest BCUT2D eigenvalue weighted by Crippen LogP contribution is -2.18. The van der Waals surface area contributed by atoms with Gasteiger partial charge in [-0.2, -0.15) is 0 Å². The van der Waals surface area contributed by atoms with Gasteiger partial charge in [0.05, 0.1) is 6.54 Å². The smallest absolute Gasteiger partial charge is 0.274 e. The summed E-state index contributed by atoms with van der Waals surface area (Å²) in [6.45, 7) is 0.425. The fourth-order valence-corrected chi connectivity index (χ4v) is 2.78. The van der Waals surface area contributed by atoms with Crippen LogP contribution in [0.3, 0.4) is 0 Å². The van der Waals surface area contributed by atoms with Gasteiger partial charge in [0.1, 0.15) is 5.69 Å². The first-order valence-electron chi connectivity index (χ1n) is 7.90. The van der Waals surface area contributed by atoms with E-state index in [2.05, 4.69) is 20.5 Å². The second kappa shape index (κ2) is 6.69. The molecule has 0 unspecified atom stereocenters. The molecule has 0 atom stereocenters. The molecular weight excluding hydrogens is 332 g/mol. The second-order valence-electron chi connectivity index (χ2n) is 5.68. The molecule has 0 spiro atoms. The molecular formula is C18H14N6O2. The number of nitrogens with zero attached hydrogens (tertiary/aromatic N) is 5.